The Morgan fingerprint density at radius 2 is 1.89 bits per heavy atom. The zero-order valence-corrected chi connectivity index (χ0v) is 15.7. The molecule has 0 aliphatic heterocycles. The van der Waals surface area contributed by atoms with Crippen LogP contribution in [0.25, 0.3) is 10.9 Å². The fourth-order valence-electron chi connectivity index (χ4n) is 3.03. The molecule has 0 radical (unpaired) electrons. The summed E-state index contributed by atoms with van der Waals surface area (Å²) in [5.41, 5.74) is 1.90. The number of aliphatic hydroxyl groups is 1. The van der Waals surface area contributed by atoms with E-state index in [0.717, 1.165) is 29.6 Å². The normalized spacial score (nSPS) is 12.4. The Morgan fingerprint density at radius 3 is 2.61 bits per heavy atom. The van der Waals surface area contributed by atoms with Gasteiger partial charge in [0.25, 0.3) is 0 Å². The number of nitrogens with one attached hydrogen (secondary N) is 2. The van der Waals surface area contributed by atoms with Gasteiger partial charge in [0.2, 0.25) is 0 Å². The first-order valence-electron chi connectivity index (χ1n) is 9.10. The molecule has 0 saturated heterocycles. The number of benzene rings is 2. The van der Waals surface area contributed by atoms with Crippen molar-refractivity contribution in [1.82, 2.24) is 9.88 Å². The highest BCUT2D eigenvalue weighted by Crippen LogP contribution is 2.21. The monoisotopic (exact) mass is 387 g/mol. The summed E-state index contributed by atoms with van der Waals surface area (Å²) in [6, 6.07) is 10.3. The second kappa shape index (κ2) is 8.39. The molecule has 0 spiro atoms. The van der Waals surface area contributed by atoms with Gasteiger partial charge in [-0.3, -0.25) is 0 Å². The average Bonchev–Trinajstić information content (AvgIpc) is 3.03. The molecular weight excluding hydrogens is 364 g/mol. The number of halogens is 2. The average molecular weight is 387 g/mol. The van der Waals surface area contributed by atoms with Gasteiger partial charge in [-0.05, 0) is 47.9 Å². The molecule has 1 aromatic heterocycles. The van der Waals surface area contributed by atoms with Crippen molar-refractivity contribution < 1.29 is 18.7 Å². The Balaban J connectivity index is 1.59. The van der Waals surface area contributed by atoms with Gasteiger partial charge in [-0.1, -0.05) is 19.9 Å². The minimum Gasteiger partial charge on any atom is -0.387 e. The van der Waals surface area contributed by atoms with E-state index >= 15 is 0 Å². The predicted molar refractivity (Wildman–Crippen MR) is 105 cm³/mol. The van der Waals surface area contributed by atoms with E-state index in [-0.39, 0.29) is 12.1 Å². The van der Waals surface area contributed by atoms with E-state index in [4.69, 9.17) is 0 Å². The number of hydrogen-bond acceptors (Lipinski definition) is 2. The van der Waals surface area contributed by atoms with E-state index in [1.807, 2.05) is 30.5 Å². The number of carbonyl (C=O) groups excluding carboxylic acids is 1. The molecule has 7 heteroatoms. The number of urea groups is 1. The van der Waals surface area contributed by atoms with Gasteiger partial charge in [-0.25, -0.2) is 13.6 Å². The maximum absolute atomic E-state index is 13.2. The van der Waals surface area contributed by atoms with E-state index in [0.29, 0.717) is 11.6 Å². The van der Waals surface area contributed by atoms with Crippen LogP contribution in [0.2, 0.25) is 0 Å². The number of aliphatic hydroxyl groups excluding tert-OH is 1. The van der Waals surface area contributed by atoms with E-state index < -0.39 is 23.8 Å². The largest absolute Gasteiger partial charge is 0.387 e. The first-order chi connectivity index (χ1) is 13.3. The van der Waals surface area contributed by atoms with Crippen LogP contribution >= 0.6 is 0 Å². The first-order valence-corrected chi connectivity index (χ1v) is 9.10. The summed E-state index contributed by atoms with van der Waals surface area (Å²) < 4.78 is 28.4. The molecule has 0 fully saturated rings. The second-order valence-electron chi connectivity index (χ2n) is 7.16. The first kappa shape index (κ1) is 19.8. The number of aromatic nitrogens is 1. The van der Waals surface area contributed by atoms with Gasteiger partial charge in [0, 0.05) is 35.9 Å². The lowest BCUT2D eigenvalue weighted by Gasteiger charge is -2.13. The molecule has 0 bridgehead atoms. The van der Waals surface area contributed by atoms with Crippen molar-refractivity contribution in [2.24, 2.45) is 5.92 Å². The van der Waals surface area contributed by atoms with Gasteiger partial charge < -0.3 is 20.3 Å². The number of carbonyl (C=O) groups is 1. The Kier molecular flexibility index (Phi) is 5.94. The molecule has 3 rings (SSSR count). The smallest absolute Gasteiger partial charge is 0.319 e. The van der Waals surface area contributed by atoms with Crippen LogP contribution in [0.1, 0.15) is 25.5 Å². The maximum Gasteiger partial charge on any atom is 0.319 e. The highest BCUT2D eigenvalue weighted by Gasteiger charge is 2.13. The summed E-state index contributed by atoms with van der Waals surface area (Å²) in [6.07, 6.45) is 0.876. The van der Waals surface area contributed by atoms with E-state index in [9.17, 15) is 18.7 Å². The molecule has 3 N–H and O–H groups in total. The predicted octanol–water partition coefficient (Wildman–Crippen LogP) is 4.43. The standard InChI is InChI=1S/C21H23F2N3O2/c1-13(2)12-26-8-7-14-9-16(4-6-19(14)26)25-21(28)24-11-20(27)15-3-5-17(22)18(23)10-15/h3-10,13,20,27H,11-12H2,1-2H3,(H2,24,25,28)/t20-/m1/s1. The van der Waals surface area contributed by atoms with Crippen molar-refractivity contribution in [2.75, 3.05) is 11.9 Å². The zero-order chi connectivity index (χ0) is 20.3. The zero-order valence-electron chi connectivity index (χ0n) is 15.7. The van der Waals surface area contributed by atoms with Crippen LogP contribution in [0.4, 0.5) is 19.3 Å². The van der Waals surface area contributed by atoms with Crippen LogP contribution in [0, 0.1) is 17.6 Å². The summed E-state index contributed by atoms with van der Waals surface area (Å²) in [4.78, 5) is 12.1. The highest BCUT2D eigenvalue weighted by molar-refractivity contribution is 5.93. The minimum absolute atomic E-state index is 0.135. The SMILES string of the molecule is CC(C)Cn1ccc2cc(NC(=O)NC[C@@H](O)c3ccc(F)c(F)c3)ccc21. The molecular formula is C21H23F2N3O2. The quantitative estimate of drug-likeness (QED) is 0.586. The van der Waals surface area contributed by atoms with Crippen LogP contribution in [0.3, 0.4) is 0 Å². The molecule has 2 aromatic carbocycles. The fraction of sp³-hybridized carbons (Fsp3) is 0.286. The molecule has 2 amide bonds. The second-order valence-corrected chi connectivity index (χ2v) is 7.16. The van der Waals surface area contributed by atoms with Crippen LogP contribution in [-0.2, 0) is 6.54 Å². The van der Waals surface area contributed by atoms with E-state index in [2.05, 4.69) is 29.0 Å². The van der Waals surface area contributed by atoms with Gasteiger partial charge in [0.1, 0.15) is 0 Å². The summed E-state index contributed by atoms with van der Waals surface area (Å²) >= 11 is 0. The Bertz CT molecular complexity index is 985. The van der Waals surface area contributed by atoms with E-state index in [1.165, 1.54) is 6.07 Å². The van der Waals surface area contributed by atoms with Gasteiger partial charge in [-0.15, -0.1) is 0 Å². The number of hydrogen-bond donors (Lipinski definition) is 3. The number of amides is 2. The van der Waals surface area contributed by atoms with Crippen molar-refractivity contribution >= 4 is 22.6 Å². The third-order valence-corrected chi connectivity index (χ3v) is 4.38. The van der Waals surface area contributed by atoms with Gasteiger partial charge in [-0.2, -0.15) is 0 Å². The Hall–Kier alpha value is -2.93. The van der Waals surface area contributed by atoms with Crippen LogP contribution < -0.4 is 10.6 Å². The van der Waals surface area contributed by atoms with Crippen LogP contribution in [0.5, 0.6) is 0 Å². The molecule has 0 aliphatic carbocycles. The van der Waals surface area contributed by atoms with Crippen molar-refractivity contribution in [3.8, 4) is 0 Å². The van der Waals surface area contributed by atoms with Crippen LogP contribution in [-0.4, -0.2) is 22.2 Å². The lowest BCUT2D eigenvalue weighted by atomic mass is 10.1. The van der Waals surface area contributed by atoms with Gasteiger partial charge in [0.05, 0.1) is 6.10 Å². The van der Waals surface area contributed by atoms with E-state index in [1.54, 1.807) is 0 Å². The van der Waals surface area contributed by atoms with Crippen molar-refractivity contribution in [2.45, 2.75) is 26.5 Å². The molecule has 1 atom stereocenters. The molecule has 3 aromatic rings. The summed E-state index contributed by atoms with van der Waals surface area (Å²) in [6.45, 7) is 5.09. The fourth-order valence-corrected chi connectivity index (χ4v) is 3.03. The summed E-state index contributed by atoms with van der Waals surface area (Å²) in [7, 11) is 0. The minimum atomic E-state index is -1.15. The Labute approximate surface area is 162 Å². The van der Waals surface area contributed by atoms with Crippen molar-refractivity contribution in [3.63, 3.8) is 0 Å². The third-order valence-electron chi connectivity index (χ3n) is 4.38. The van der Waals surface area contributed by atoms with Gasteiger partial charge >= 0.3 is 6.03 Å². The van der Waals surface area contributed by atoms with Gasteiger partial charge in [0.15, 0.2) is 11.6 Å². The molecule has 1 heterocycles. The molecule has 148 valence electrons. The maximum atomic E-state index is 13.2. The third kappa shape index (κ3) is 4.67. The number of nitrogens with zero attached hydrogens (tertiary/aromatic N) is 1. The van der Waals surface area contributed by atoms with Crippen molar-refractivity contribution in [1.29, 1.82) is 0 Å². The van der Waals surface area contributed by atoms with Crippen molar-refractivity contribution in [3.05, 3.63) is 65.9 Å². The molecule has 0 unspecified atom stereocenters. The number of rotatable bonds is 6. The molecule has 28 heavy (non-hydrogen) atoms. The highest BCUT2D eigenvalue weighted by atomic mass is 19.2. The Morgan fingerprint density at radius 1 is 1.11 bits per heavy atom. The molecule has 5 nitrogen and oxygen atoms in total. The number of anilines is 1. The van der Waals surface area contributed by atoms with Crippen LogP contribution in [0.15, 0.2) is 48.7 Å². The number of fused-ring (bicyclic) bond motifs is 1. The molecule has 0 saturated carbocycles. The summed E-state index contributed by atoms with van der Waals surface area (Å²) in [5, 5.41) is 16.3. The summed E-state index contributed by atoms with van der Waals surface area (Å²) in [5.74, 6) is -1.50. The lowest BCUT2D eigenvalue weighted by molar-refractivity contribution is 0.174. The topological polar surface area (TPSA) is 66.3 Å². The molecule has 0 aliphatic rings. The lowest BCUT2D eigenvalue weighted by Crippen LogP contribution is -2.32.